The van der Waals surface area contributed by atoms with E-state index in [2.05, 4.69) is 27.8 Å². The Morgan fingerprint density at radius 1 is 1.42 bits per heavy atom. The first-order chi connectivity index (χ1) is 9.15. The van der Waals surface area contributed by atoms with Crippen LogP contribution in [0.3, 0.4) is 0 Å². The maximum absolute atomic E-state index is 6.04. The van der Waals surface area contributed by atoms with Crippen LogP contribution in [-0.2, 0) is 6.42 Å². The number of hydrogen-bond acceptors (Lipinski definition) is 3. The summed E-state index contributed by atoms with van der Waals surface area (Å²) in [5, 5.41) is 0. The van der Waals surface area contributed by atoms with Crippen LogP contribution in [0, 0.1) is 0 Å². The van der Waals surface area contributed by atoms with E-state index in [1.165, 1.54) is 0 Å². The van der Waals surface area contributed by atoms with E-state index < -0.39 is 0 Å². The average Bonchev–Trinajstić information content (AvgIpc) is 2.95. The minimum Gasteiger partial charge on any atom is -0.469 e. The van der Waals surface area contributed by atoms with Gasteiger partial charge in [0.05, 0.1) is 17.3 Å². The van der Waals surface area contributed by atoms with E-state index in [9.17, 15) is 0 Å². The van der Waals surface area contributed by atoms with Crippen LogP contribution >= 0.6 is 15.9 Å². The summed E-state index contributed by atoms with van der Waals surface area (Å²) in [5.74, 6) is 1.48. The summed E-state index contributed by atoms with van der Waals surface area (Å²) in [6, 6.07) is 10.1. The largest absolute Gasteiger partial charge is 0.469 e. The molecule has 0 aliphatic rings. The van der Waals surface area contributed by atoms with E-state index in [1.54, 1.807) is 6.26 Å². The van der Waals surface area contributed by atoms with Crippen molar-refractivity contribution in [1.82, 2.24) is 9.55 Å². The molecule has 0 aliphatic carbocycles. The number of anilines is 1. The zero-order valence-corrected chi connectivity index (χ0v) is 12.1. The van der Waals surface area contributed by atoms with Crippen LogP contribution in [0.5, 0.6) is 0 Å². The number of fused-ring (bicyclic) bond motifs is 1. The molecular weight excluding hydrogens is 306 g/mol. The van der Waals surface area contributed by atoms with Gasteiger partial charge in [-0.15, -0.1) is 0 Å². The van der Waals surface area contributed by atoms with Gasteiger partial charge in [0.25, 0.3) is 0 Å². The molecule has 0 bridgehead atoms. The van der Waals surface area contributed by atoms with Gasteiger partial charge in [-0.1, -0.05) is 15.9 Å². The Hall–Kier alpha value is -1.75. The summed E-state index contributed by atoms with van der Waals surface area (Å²) in [4.78, 5) is 4.40. The molecule has 98 valence electrons. The van der Waals surface area contributed by atoms with Gasteiger partial charge in [-0.3, -0.25) is 0 Å². The smallest absolute Gasteiger partial charge is 0.201 e. The normalized spacial score (nSPS) is 12.9. The zero-order chi connectivity index (χ0) is 13.4. The van der Waals surface area contributed by atoms with Gasteiger partial charge in [0.1, 0.15) is 5.76 Å². The number of rotatable bonds is 3. The Kier molecular flexibility index (Phi) is 3.06. The molecule has 0 fully saturated rings. The van der Waals surface area contributed by atoms with Crippen LogP contribution in [0.4, 0.5) is 5.95 Å². The summed E-state index contributed by atoms with van der Waals surface area (Å²) in [6.45, 7) is 2.11. The van der Waals surface area contributed by atoms with E-state index in [-0.39, 0.29) is 6.04 Å². The Bertz CT molecular complexity index is 703. The van der Waals surface area contributed by atoms with Crippen molar-refractivity contribution in [3.63, 3.8) is 0 Å². The van der Waals surface area contributed by atoms with Crippen LogP contribution in [-0.4, -0.2) is 9.55 Å². The van der Waals surface area contributed by atoms with E-state index in [1.807, 2.05) is 34.9 Å². The average molecular weight is 320 g/mol. The predicted molar refractivity (Wildman–Crippen MR) is 79.0 cm³/mol. The van der Waals surface area contributed by atoms with E-state index in [0.717, 1.165) is 27.7 Å². The molecule has 0 saturated heterocycles. The SMILES string of the molecule is CC(Cc1ccco1)n1c(N)nc2cc(Br)ccc21. The molecule has 4 nitrogen and oxygen atoms in total. The highest BCUT2D eigenvalue weighted by molar-refractivity contribution is 9.10. The fourth-order valence-corrected chi connectivity index (χ4v) is 2.71. The number of hydrogen-bond donors (Lipinski definition) is 1. The van der Waals surface area contributed by atoms with Crippen LogP contribution in [0.15, 0.2) is 45.5 Å². The summed E-state index contributed by atoms with van der Waals surface area (Å²) in [7, 11) is 0. The minimum atomic E-state index is 0.192. The molecule has 3 rings (SSSR count). The highest BCUT2D eigenvalue weighted by atomic mass is 79.9. The van der Waals surface area contributed by atoms with Crippen molar-refractivity contribution in [1.29, 1.82) is 0 Å². The Balaban J connectivity index is 2.01. The first-order valence-corrected chi connectivity index (χ1v) is 6.90. The van der Waals surface area contributed by atoms with Crippen LogP contribution in [0.2, 0.25) is 0 Å². The van der Waals surface area contributed by atoms with Gasteiger partial charge >= 0.3 is 0 Å². The Morgan fingerprint density at radius 3 is 3.00 bits per heavy atom. The number of furan rings is 1. The number of benzene rings is 1. The quantitative estimate of drug-likeness (QED) is 0.799. The van der Waals surface area contributed by atoms with Crippen molar-refractivity contribution < 1.29 is 4.42 Å². The zero-order valence-electron chi connectivity index (χ0n) is 10.5. The van der Waals surface area contributed by atoms with Crippen LogP contribution < -0.4 is 5.73 Å². The first-order valence-electron chi connectivity index (χ1n) is 6.10. The second-order valence-electron chi connectivity index (χ2n) is 4.61. The molecule has 1 atom stereocenters. The molecule has 0 saturated carbocycles. The third kappa shape index (κ3) is 2.26. The lowest BCUT2D eigenvalue weighted by molar-refractivity contribution is 0.456. The van der Waals surface area contributed by atoms with Crippen LogP contribution in [0.1, 0.15) is 18.7 Å². The molecule has 2 heterocycles. The standard InChI is InChI=1S/C14H14BrN3O/c1-9(7-11-3-2-6-19-11)18-13-5-4-10(15)8-12(13)17-14(18)16/h2-6,8-9H,7H2,1H3,(H2,16,17). The lowest BCUT2D eigenvalue weighted by Crippen LogP contribution is -2.11. The summed E-state index contributed by atoms with van der Waals surface area (Å²) in [5.41, 5.74) is 7.98. The summed E-state index contributed by atoms with van der Waals surface area (Å²) < 4.78 is 8.44. The predicted octanol–water partition coefficient (Wildman–Crippen LogP) is 3.78. The molecule has 2 aromatic heterocycles. The number of nitrogen functional groups attached to an aromatic ring is 1. The molecule has 0 aliphatic heterocycles. The number of nitrogens with zero attached hydrogens (tertiary/aromatic N) is 2. The maximum Gasteiger partial charge on any atom is 0.201 e. The van der Waals surface area contributed by atoms with Gasteiger partial charge in [-0.25, -0.2) is 4.98 Å². The molecule has 19 heavy (non-hydrogen) atoms. The fraction of sp³-hybridized carbons (Fsp3) is 0.214. The van der Waals surface area contributed by atoms with Gasteiger partial charge < -0.3 is 14.7 Å². The number of nitrogens with two attached hydrogens (primary N) is 1. The summed E-state index contributed by atoms with van der Waals surface area (Å²) in [6.07, 6.45) is 2.48. The maximum atomic E-state index is 6.04. The molecule has 1 aromatic carbocycles. The van der Waals surface area contributed by atoms with Gasteiger partial charge in [-0.05, 0) is 37.3 Å². The van der Waals surface area contributed by atoms with Crippen molar-refractivity contribution in [2.45, 2.75) is 19.4 Å². The van der Waals surface area contributed by atoms with Gasteiger partial charge in [0.15, 0.2) is 0 Å². The number of imidazole rings is 1. The first kappa shape index (κ1) is 12.3. The lowest BCUT2D eigenvalue weighted by atomic mass is 10.2. The Labute approximate surface area is 119 Å². The van der Waals surface area contributed by atoms with E-state index in [0.29, 0.717) is 5.95 Å². The fourth-order valence-electron chi connectivity index (χ4n) is 2.36. The second kappa shape index (κ2) is 4.74. The number of aromatic nitrogens is 2. The van der Waals surface area contributed by atoms with Gasteiger partial charge in [0.2, 0.25) is 5.95 Å². The molecule has 0 radical (unpaired) electrons. The van der Waals surface area contributed by atoms with Crippen molar-refractivity contribution in [2.75, 3.05) is 5.73 Å². The molecule has 3 aromatic rings. The minimum absolute atomic E-state index is 0.192. The van der Waals surface area contributed by atoms with Crippen molar-refractivity contribution in [3.8, 4) is 0 Å². The highest BCUT2D eigenvalue weighted by Gasteiger charge is 2.15. The monoisotopic (exact) mass is 319 g/mol. The molecule has 2 N–H and O–H groups in total. The van der Waals surface area contributed by atoms with Gasteiger partial charge in [0, 0.05) is 16.9 Å². The molecule has 1 unspecified atom stereocenters. The second-order valence-corrected chi connectivity index (χ2v) is 5.52. The van der Waals surface area contributed by atoms with Crippen molar-refractivity contribution >= 4 is 32.9 Å². The van der Waals surface area contributed by atoms with Crippen molar-refractivity contribution in [3.05, 3.63) is 46.8 Å². The van der Waals surface area contributed by atoms with Crippen LogP contribution in [0.25, 0.3) is 11.0 Å². The van der Waals surface area contributed by atoms with Crippen molar-refractivity contribution in [2.24, 2.45) is 0 Å². The summed E-state index contributed by atoms with van der Waals surface area (Å²) >= 11 is 3.45. The van der Waals surface area contributed by atoms with E-state index >= 15 is 0 Å². The molecular formula is C14H14BrN3O. The number of halogens is 1. The topological polar surface area (TPSA) is 57.0 Å². The van der Waals surface area contributed by atoms with E-state index in [4.69, 9.17) is 10.2 Å². The van der Waals surface area contributed by atoms with Gasteiger partial charge in [-0.2, -0.15) is 0 Å². The third-order valence-corrected chi connectivity index (χ3v) is 3.69. The Morgan fingerprint density at radius 2 is 2.26 bits per heavy atom. The molecule has 5 heteroatoms. The molecule has 0 amide bonds. The molecule has 0 spiro atoms. The lowest BCUT2D eigenvalue weighted by Gasteiger charge is -2.14. The highest BCUT2D eigenvalue weighted by Crippen LogP contribution is 2.27. The third-order valence-electron chi connectivity index (χ3n) is 3.20.